The number of fused-ring (bicyclic) bond motifs is 1. The number of rotatable bonds is 2. The molecule has 0 unspecified atom stereocenters. The summed E-state index contributed by atoms with van der Waals surface area (Å²) in [7, 11) is 0. The van der Waals surface area contributed by atoms with Crippen molar-refractivity contribution < 1.29 is 22.7 Å². The van der Waals surface area contributed by atoms with Crippen molar-refractivity contribution in [3.63, 3.8) is 0 Å². The van der Waals surface area contributed by atoms with Crippen LogP contribution in [0.25, 0.3) is 0 Å². The number of nitrogens with zero attached hydrogens (tertiary/aromatic N) is 4. The highest BCUT2D eigenvalue weighted by Crippen LogP contribution is 2.39. The third kappa shape index (κ3) is 3.67. The van der Waals surface area contributed by atoms with Crippen molar-refractivity contribution in [2.75, 3.05) is 29.5 Å². The summed E-state index contributed by atoms with van der Waals surface area (Å²) in [5.41, 5.74) is 0.128. The van der Waals surface area contributed by atoms with E-state index in [9.17, 15) is 23.2 Å². The summed E-state index contributed by atoms with van der Waals surface area (Å²) in [6, 6.07) is 7.36. The van der Waals surface area contributed by atoms with Gasteiger partial charge in [-0.15, -0.1) is 0 Å². The van der Waals surface area contributed by atoms with Gasteiger partial charge in [0.1, 0.15) is 35.8 Å². The lowest BCUT2D eigenvalue weighted by atomic mass is 10.1. The number of hydrogen-bond acceptors (Lipinski definition) is 5. The summed E-state index contributed by atoms with van der Waals surface area (Å²) in [5.74, 6) is 0.328. The molecule has 1 aromatic heterocycles. The molecule has 1 atom stereocenters. The van der Waals surface area contributed by atoms with E-state index in [1.807, 2.05) is 19.1 Å². The van der Waals surface area contributed by atoms with E-state index < -0.39 is 23.3 Å². The summed E-state index contributed by atoms with van der Waals surface area (Å²) < 4.78 is 46.4. The lowest BCUT2D eigenvalue weighted by Crippen LogP contribution is -2.49. The van der Waals surface area contributed by atoms with Gasteiger partial charge in [0, 0.05) is 12.2 Å². The monoisotopic (exact) mass is 430 g/mol. The van der Waals surface area contributed by atoms with Crippen molar-refractivity contribution in [2.24, 2.45) is 0 Å². The minimum atomic E-state index is -4.69. The fourth-order valence-corrected chi connectivity index (χ4v) is 4.28. The number of benzene rings is 1. The van der Waals surface area contributed by atoms with E-state index in [-0.39, 0.29) is 17.4 Å². The maximum atomic E-state index is 13.5. The van der Waals surface area contributed by atoms with Crippen molar-refractivity contribution in [1.82, 2.24) is 4.98 Å². The van der Waals surface area contributed by atoms with Gasteiger partial charge in [-0.05, 0) is 44.4 Å². The number of halogens is 3. The first-order chi connectivity index (χ1) is 14.7. The maximum absolute atomic E-state index is 13.5. The van der Waals surface area contributed by atoms with Gasteiger partial charge in [0.25, 0.3) is 0 Å². The fourth-order valence-electron chi connectivity index (χ4n) is 4.28. The van der Waals surface area contributed by atoms with Crippen LogP contribution in [0.1, 0.15) is 35.2 Å². The van der Waals surface area contributed by atoms with Crippen LogP contribution in [0.2, 0.25) is 0 Å². The molecule has 0 bridgehead atoms. The van der Waals surface area contributed by atoms with E-state index in [2.05, 4.69) is 4.98 Å². The number of pyridine rings is 1. The van der Waals surface area contributed by atoms with Crippen LogP contribution in [0, 0.1) is 25.2 Å². The first-order valence-electron chi connectivity index (χ1n) is 10.0. The highest BCUT2D eigenvalue weighted by atomic mass is 19.4. The Morgan fingerprint density at radius 2 is 2.06 bits per heavy atom. The van der Waals surface area contributed by atoms with Crippen molar-refractivity contribution in [2.45, 2.75) is 38.9 Å². The number of ether oxygens (including phenoxy) is 1. The van der Waals surface area contributed by atoms with E-state index in [1.54, 1.807) is 21.9 Å². The number of carbonyl (C=O) groups is 1. The van der Waals surface area contributed by atoms with Crippen LogP contribution in [-0.2, 0) is 11.0 Å². The Hall–Kier alpha value is -3.28. The molecule has 0 radical (unpaired) electrons. The predicted octanol–water partition coefficient (Wildman–Crippen LogP) is 3.98. The quantitative estimate of drug-likeness (QED) is 0.721. The molecule has 162 valence electrons. The number of alkyl halides is 3. The molecule has 0 aliphatic carbocycles. The third-order valence-corrected chi connectivity index (χ3v) is 5.66. The fraction of sp³-hybridized carbons (Fsp3) is 0.409. The largest absolute Gasteiger partial charge is 0.489 e. The Labute approximate surface area is 177 Å². The Morgan fingerprint density at radius 3 is 2.77 bits per heavy atom. The molecule has 31 heavy (non-hydrogen) atoms. The standard InChI is InChI=1S/C22H21F3N4O2/c1-13-5-3-6-17-19(13)31-10-9-29(17)21(30)18-7-4-8-28(18)20-15(12-26)16(22(23,24)25)11-14(2)27-20/h3,5-6,11,18H,4,7-10H2,1-2H3/t18-/m0/s1. The molecule has 2 aliphatic rings. The lowest BCUT2D eigenvalue weighted by Gasteiger charge is -2.35. The highest BCUT2D eigenvalue weighted by Gasteiger charge is 2.41. The molecule has 0 saturated carbocycles. The Kier molecular flexibility index (Phi) is 5.25. The molecule has 1 amide bonds. The average Bonchev–Trinajstić information content (AvgIpc) is 3.21. The second kappa shape index (κ2) is 7.76. The van der Waals surface area contributed by atoms with E-state index in [0.29, 0.717) is 44.0 Å². The summed E-state index contributed by atoms with van der Waals surface area (Å²) in [6.45, 7) is 4.38. The predicted molar refractivity (Wildman–Crippen MR) is 108 cm³/mol. The van der Waals surface area contributed by atoms with Crippen LogP contribution >= 0.6 is 0 Å². The molecular formula is C22H21F3N4O2. The molecule has 3 heterocycles. The molecule has 4 rings (SSSR count). The van der Waals surface area contributed by atoms with E-state index >= 15 is 0 Å². The number of aryl methyl sites for hydroxylation is 2. The molecular weight excluding hydrogens is 409 g/mol. The van der Waals surface area contributed by atoms with E-state index in [0.717, 1.165) is 11.6 Å². The summed E-state index contributed by atoms with van der Waals surface area (Å²) >= 11 is 0. The Balaban J connectivity index is 1.74. The number of carbonyl (C=O) groups excluding carboxylic acids is 1. The SMILES string of the molecule is Cc1cc(C(F)(F)F)c(C#N)c(N2CCC[C@H]2C(=O)N2CCOc3c(C)cccc32)n1. The van der Waals surface area contributed by atoms with Gasteiger partial charge in [-0.3, -0.25) is 4.79 Å². The molecule has 1 fully saturated rings. The van der Waals surface area contributed by atoms with Crippen LogP contribution in [0.4, 0.5) is 24.7 Å². The van der Waals surface area contributed by atoms with Crippen molar-refractivity contribution in [3.05, 3.63) is 46.6 Å². The lowest BCUT2D eigenvalue weighted by molar-refractivity contribution is -0.137. The summed E-state index contributed by atoms with van der Waals surface area (Å²) in [4.78, 5) is 20.9. The number of nitriles is 1. The van der Waals surface area contributed by atoms with Crippen LogP contribution in [0.15, 0.2) is 24.3 Å². The van der Waals surface area contributed by atoms with E-state index in [1.165, 1.54) is 6.92 Å². The summed E-state index contributed by atoms with van der Waals surface area (Å²) in [6.07, 6.45) is -3.60. The first-order valence-corrected chi connectivity index (χ1v) is 10.0. The number of hydrogen-bond donors (Lipinski definition) is 0. The molecule has 1 saturated heterocycles. The normalized spacial score (nSPS) is 18.4. The molecule has 9 heteroatoms. The van der Waals surface area contributed by atoms with E-state index in [4.69, 9.17) is 4.74 Å². The highest BCUT2D eigenvalue weighted by molar-refractivity contribution is 6.01. The minimum Gasteiger partial charge on any atom is -0.489 e. The van der Waals surface area contributed by atoms with Crippen molar-refractivity contribution in [3.8, 4) is 11.8 Å². The first kappa shape index (κ1) is 21.0. The number of aromatic nitrogens is 1. The van der Waals surface area contributed by atoms with Crippen molar-refractivity contribution in [1.29, 1.82) is 5.26 Å². The number of anilines is 2. The van der Waals surface area contributed by atoms with Crippen LogP contribution in [0.5, 0.6) is 5.75 Å². The Morgan fingerprint density at radius 1 is 1.29 bits per heavy atom. The zero-order valence-corrected chi connectivity index (χ0v) is 17.2. The molecule has 1 aromatic carbocycles. The molecule has 0 N–H and O–H groups in total. The van der Waals surface area contributed by atoms with Gasteiger partial charge in [0.05, 0.1) is 17.8 Å². The smallest absolute Gasteiger partial charge is 0.417 e. The minimum absolute atomic E-state index is 0.0802. The van der Waals surface area contributed by atoms with Gasteiger partial charge in [0.2, 0.25) is 5.91 Å². The molecule has 0 spiro atoms. The van der Waals surface area contributed by atoms with Gasteiger partial charge >= 0.3 is 6.18 Å². The third-order valence-electron chi connectivity index (χ3n) is 5.66. The van der Waals surface area contributed by atoms with Crippen LogP contribution < -0.4 is 14.5 Å². The topological polar surface area (TPSA) is 69.5 Å². The Bertz CT molecular complexity index is 1080. The number of para-hydroxylation sites is 1. The van der Waals surface area contributed by atoms with Crippen molar-refractivity contribution >= 4 is 17.4 Å². The van der Waals surface area contributed by atoms with Gasteiger partial charge in [-0.25, -0.2) is 4.98 Å². The van der Waals surface area contributed by atoms with Crippen LogP contribution in [0.3, 0.4) is 0 Å². The average molecular weight is 430 g/mol. The molecule has 6 nitrogen and oxygen atoms in total. The summed E-state index contributed by atoms with van der Waals surface area (Å²) in [5, 5.41) is 9.52. The van der Waals surface area contributed by atoms with Gasteiger partial charge in [0.15, 0.2) is 0 Å². The van der Waals surface area contributed by atoms with Crippen LogP contribution in [-0.4, -0.2) is 36.6 Å². The second-order valence-electron chi connectivity index (χ2n) is 7.73. The maximum Gasteiger partial charge on any atom is 0.417 e. The van der Waals surface area contributed by atoms with Gasteiger partial charge in [-0.2, -0.15) is 18.4 Å². The zero-order chi connectivity index (χ0) is 22.3. The van der Waals surface area contributed by atoms with Gasteiger partial charge in [-0.1, -0.05) is 12.1 Å². The van der Waals surface area contributed by atoms with Gasteiger partial charge < -0.3 is 14.5 Å². The zero-order valence-electron chi connectivity index (χ0n) is 17.2. The second-order valence-corrected chi connectivity index (χ2v) is 7.73. The molecule has 2 aromatic rings. The molecule has 2 aliphatic heterocycles. The number of amides is 1.